The van der Waals surface area contributed by atoms with Gasteiger partial charge in [-0.2, -0.15) is 9.90 Å². The molecule has 3 aromatic rings. The van der Waals surface area contributed by atoms with Gasteiger partial charge in [-0.25, -0.2) is 0 Å². The first kappa shape index (κ1) is 18.9. The van der Waals surface area contributed by atoms with E-state index >= 15 is 0 Å². The normalized spacial score (nSPS) is 17.9. The summed E-state index contributed by atoms with van der Waals surface area (Å²) in [5, 5.41) is 9.50. The van der Waals surface area contributed by atoms with Crippen molar-refractivity contribution in [3.63, 3.8) is 0 Å². The number of carbonyl (C=O) groups is 1. The van der Waals surface area contributed by atoms with Crippen LogP contribution in [0.4, 0.5) is 0 Å². The molecule has 30 heavy (non-hydrogen) atoms. The number of amides is 1. The molecule has 1 fully saturated rings. The van der Waals surface area contributed by atoms with Gasteiger partial charge in [-0.3, -0.25) is 4.79 Å². The van der Waals surface area contributed by atoms with Crippen molar-refractivity contribution in [3.05, 3.63) is 64.4 Å². The lowest BCUT2D eigenvalue weighted by atomic mass is 10.0. The van der Waals surface area contributed by atoms with Gasteiger partial charge in [0.2, 0.25) is 0 Å². The first-order chi connectivity index (χ1) is 14.6. The zero-order valence-corrected chi connectivity index (χ0v) is 17.3. The summed E-state index contributed by atoms with van der Waals surface area (Å²) >= 11 is 6.08. The molecule has 1 amide bonds. The van der Waals surface area contributed by atoms with E-state index in [4.69, 9.17) is 21.1 Å². The molecule has 5 rings (SSSR count). The maximum absolute atomic E-state index is 13.4. The number of fused-ring (bicyclic) bond motifs is 1. The number of benzene rings is 2. The Morgan fingerprint density at radius 2 is 1.93 bits per heavy atom. The van der Waals surface area contributed by atoms with Crippen molar-refractivity contribution in [1.29, 1.82) is 0 Å². The highest BCUT2D eigenvalue weighted by molar-refractivity contribution is 6.30. The summed E-state index contributed by atoms with van der Waals surface area (Å²) in [6, 6.07) is 13.1. The van der Waals surface area contributed by atoms with Crippen molar-refractivity contribution < 1.29 is 14.3 Å². The molecule has 0 saturated carbocycles. The molecule has 8 heteroatoms. The van der Waals surface area contributed by atoms with E-state index in [9.17, 15) is 4.79 Å². The zero-order valence-electron chi connectivity index (χ0n) is 16.5. The summed E-state index contributed by atoms with van der Waals surface area (Å²) in [6.07, 6.45) is 1.83. The number of rotatable bonds is 3. The Balaban J connectivity index is 1.43. The molecular weight excluding hydrogens is 404 g/mol. The topological polar surface area (TPSA) is 69.5 Å². The van der Waals surface area contributed by atoms with Gasteiger partial charge in [-0.1, -0.05) is 23.7 Å². The molecule has 0 N–H and O–H groups in total. The van der Waals surface area contributed by atoms with Crippen LogP contribution in [0.1, 0.15) is 40.6 Å². The van der Waals surface area contributed by atoms with Gasteiger partial charge in [0.05, 0.1) is 17.4 Å². The maximum Gasteiger partial charge on any atom is 0.276 e. The third-order valence-corrected chi connectivity index (χ3v) is 5.72. The van der Waals surface area contributed by atoms with E-state index in [1.165, 1.54) is 4.80 Å². The van der Waals surface area contributed by atoms with E-state index in [1.54, 1.807) is 19.1 Å². The molecule has 0 radical (unpaired) electrons. The van der Waals surface area contributed by atoms with Gasteiger partial charge >= 0.3 is 0 Å². The van der Waals surface area contributed by atoms with Crippen molar-refractivity contribution in [3.8, 4) is 17.2 Å². The molecule has 0 aliphatic carbocycles. The quantitative estimate of drug-likeness (QED) is 0.636. The summed E-state index contributed by atoms with van der Waals surface area (Å²) in [5.74, 6) is 1.38. The summed E-state index contributed by atoms with van der Waals surface area (Å²) < 4.78 is 11.3. The maximum atomic E-state index is 13.4. The molecule has 7 nitrogen and oxygen atoms in total. The molecule has 2 aliphatic heterocycles. The lowest BCUT2D eigenvalue weighted by molar-refractivity contribution is 0.0728. The average Bonchev–Trinajstić information content (AvgIpc) is 3.40. The molecular formula is C22H21ClN4O3. The van der Waals surface area contributed by atoms with E-state index < -0.39 is 0 Å². The van der Waals surface area contributed by atoms with Crippen LogP contribution in [0.3, 0.4) is 0 Å². The van der Waals surface area contributed by atoms with E-state index in [0.717, 1.165) is 35.6 Å². The standard InChI is InChI=1S/C22H21ClN4O3/c1-14-21(25-27(24-14)17-5-2-4-16(23)13-17)22(28)26-9-3-6-18(26)15-7-8-19-20(12-15)30-11-10-29-19/h2,4-5,7-8,12-13,18H,3,6,9-11H2,1H3. The van der Waals surface area contributed by atoms with Gasteiger partial charge in [0.15, 0.2) is 17.2 Å². The molecule has 0 bridgehead atoms. The van der Waals surface area contributed by atoms with Crippen LogP contribution in [0.5, 0.6) is 11.5 Å². The monoisotopic (exact) mass is 424 g/mol. The molecule has 3 heterocycles. The molecule has 1 atom stereocenters. The smallest absolute Gasteiger partial charge is 0.276 e. The third kappa shape index (κ3) is 3.39. The summed E-state index contributed by atoms with van der Waals surface area (Å²) in [4.78, 5) is 16.7. The molecule has 1 saturated heterocycles. The summed E-state index contributed by atoms with van der Waals surface area (Å²) in [6.45, 7) is 3.58. The number of hydrogen-bond acceptors (Lipinski definition) is 5. The van der Waals surface area contributed by atoms with Crippen LogP contribution in [0, 0.1) is 6.92 Å². The number of halogens is 1. The van der Waals surface area contributed by atoms with Gasteiger partial charge < -0.3 is 14.4 Å². The molecule has 2 aliphatic rings. The van der Waals surface area contributed by atoms with Crippen molar-refractivity contribution in [2.75, 3.05) is 19.8 Å². The lowest BCUT2D eigenvalue weighted by Crippen LogP contribution is -2.31. The van der Waals surface area contributed by atoms with Crippen LogP contribution in [0.15, 0.2) is 42.5 Å². The van der Waals surface area contributed by atoms with Crippen molar-refractivity contribution in [2.24, 2.45) is 0 Å². The lowest BCUT2D eigenvalue weighted by Gasteiger charge is -2.26. The highest BCUT2D eigenvalue weighted by atomic mass is 35.5. The number of nitrogens with zero attached hydrogens (tertiary/aromatic N) is 4. The highest BCUT2D eigenvalue weighted by Crippen LogP contribution is 2.38. The molecule has 154 valence electrons. The Labute approximate surface area is 179 Å². The van der Waals surface area contributed by atoms with E-state index in [1.807, 2.05) is 35.2 Å². The van der Waals surface area contributed by atoms with Gasteiger partial charge in [-0.15, -0.1) is 5.10 Å². The Bertz CT molecular complexity index is 1110. The number of likely N-dealkylation sites (tertiary alicyclic amines) is 1. The predicted octanol–water partition coefficient (Wildman–Crippen LogP) is 3.98. The van der Waals surface area contributed by atoms with E-state index in [-0.39, 0.29) is 11.9 Å². The van der Waals surface area contributed by atoms with Crippen LogP contribution in [-0.2, 0) is 0 Å². The largest absolute Gasteiger partial charge is 0.486 e. The fourth-order valence-corrected chi connectivity index (χ4v) is 4.24. The van der Waals surface area contributed by atoms with Crippen LogP contribution in [0.25, 0.3) is 5.69 Å². The fraction of sp³-hybridized carbons (Fsp3) is 0.318. The molecule has 1 unspecified atom stereocenters. The molecule has 0 spiro atoms. The molecule has 1 aromatic heterocycles. The summed E-state index contributed by atoms with van der Waals surface area (Å²) in [7, 11) is 0. The van der Waals surface area contributed by atoms with E-state index in [2.05, 4.69) is 10.2 Å². The average molecular weight is 425 g/mol. The van der Waals surface area contributed by atoms with Crippen LogP contribution in [-0.4, -0.2) is 45.6 Å². The zero-order chi connectivity index (χ0) is 20.7. The van der Waals surface area contributed by atoms with Gasteiger partial charge in [-0.05, 0) is 55.7 Å². The minimum absolute atomic E-state index is 0.0240. The van der Waals surface area contributed by atoms with Crippen molar-refractivity contribution in [2.45, 2.75) is 25.8 Å². The van der Waals surface area contributed by atoms with Crippen molar-refractivity contribution >= 4 is 17.5 Å². The third-order valence-electron chi connectivity index (χ3n) is 5.49. The second kappa shape index (κ2) is 7.65. The second-order valence-corrected chi connectivity index (χ2v) is 7.90. The Hall–Kier alpha value is -3.06. The van der Waals surface area contributed by atoms with Gasteiger partial charge in [0, 0.05) is 11.6 Å². The number of hydrogen-bond donors (Lipinski definition) is 0. The fourth-order valence-electron chi connectivity index (χ4n) is 4.05. The Kier molecular flexibility index (Phi) is 4.83. The second-order valence-electron chi connectivity index (χ2n) is 7.46. The minimum atomic E-state index is -0.113. The highest BCUT2D eigenvalue weighted by Gasteiger charge is 2.33. The van der Waals surface area contributed by atoms with Gasteiger partial charge in [0.25, 0.3) is 5.91 Å². The number of carbonyl (C=O) groups excluding carboxylic acids is 1. The summed E-state index contributed by atoms with van der Waals surface area (Å²) in [5.41, 5.74) is 2.71. The number of aryl methyl sites for hydroxylation is 1. The predicted molar refractivity (Wildman–Crippen MR) is 112 cm³/mol. The van der Waals surface area contributed by atoms with Crippen LogP contribution in [0.2, 0.25) is 5.02 Å². The van der Waals surface area contributed by atoms with Crippen LogP contribution >= 0.6 is 11.6 Å². The first-order valence-electron chi connectivity index (χ1n) is 10.0. The van der Waals surface area contributed by atoms with Crippen molar-refractivity contribution in [1.82, 2.24) is 19.9 Å². The van der Waals surface area contributed by atoms with Gasteiger partial charge in [0.1, 0.15) is 13.2 Å². The molecule has 2 aromatic carbocycles. The number of ether oxygens (including phenoxy) is 2. The Morgan fingerprint density at radius 3 is 2.77 bits per heavy atom. The minimum Gasteiger partial charge on any atom is -0.486 e. The number of aromatic nitrogens is 3. The first-order valence-corrected chi connectivity index (χ1v) is 10.4. The Morgan fingerprint density at radius 1 is 1.10 bits per heavy atom. The van der Waals surface area contributed by atoms with E-state index in [0.29, 0.717) is 36.2 Å². The SMILES string of the molecule is Cc1nn(-c2cccc(Cl)c2)nc1C(=O)N1CCCC1c1ccc2c(c1)OCCO2. The van der Waals surface area contributed by atoms with Crippen LogP contribution < -0.4 is 9.47 Å².